The van der Waals surface area contributed by atoms with Crippen LogP contribution in [0.4, 0.5) is 5.69 Å². The number of hydrogen-bond acceptors (Lipinski definition) is 3. The van der Waals surface area contributed by atoms with Gasteiger partial charge in [-0.25, -0.2) is 0 Å². The zero-order chi connectivity index (χ0) is 17.0. The predicted octanol–water partition coefficient (Wildman–Crippen LogP) is 4.61. The Morgan fingerprint density at radius 1 is 1.17 bits per heavy atom. The van der Waals surface area contributed by atoms with Crippen LogP contribution in [0.15, 0.2) is 34.8 Å². The summed E-state index contributed by atoms with van der Waals surface area (Å²) < 4.78 is 11.3. The highest BCUT2D eigenvalue weighted by atomic mass is 79.9. The van der Waals surface area contributed by atoms with Crippen molar-refractivity contribution in [1.29, 1.82) is 0 Å². The van der Waals surface area contributed by atoms with Crippen molar-refractivity contribution < 1.29 is 14.3 Å². The molecule has 2 aromatic rings. The molecular weight excluding hydrogens is 382 g/mol. The molecule has 1 N–H and O–H groups in total. The van der Waals surface area contributed by atoms with E-state index in [1.807, 2.05) is 13.0 Å². The van der Waals surface area contributed by atoms with Crippen LogP contribution in [-0.4, -0.2) is 20.1 Å². The van der Waals surface area contributed by atoms with Crippen molar-refractivity contribution in [2.24, 2.45) is 0 Å². The summed E-state index contributed by atoms with van der Waals surface area (Å²) in [6.07, 6.45) is 0.211. The minimum atomic E-state index is -0.122. The molecule has 0 spiro atoms. The van der Waals surface area contributed by atoms with E-state index in [9.17, 15) is 4.79 Å². The number of aryl methyl sites for hydroxylation is 1. The van der Waals surface area contributed by atoms with Gasteiger partial charge in [0.15, 0.2) is 11.5 Å². The molecule has 2 rings (SSSR count). The first-order valence-electron chi connectivity index (χ1n) is 6.91. The van der Waals surface area contributed by atoms with Crippen molar-refractivity contribution in [2.75, 3.05) is 19.5 Å². The molecule has 0 saturated heterocycles. The minimum absolute atomic E-state index is 0.122. The Hall–Kier alpha value is -1.72. The average molecular weight is 399 g/mol. The van der Waals surface area contributed by atoms with E-state index in [1.165, 1.54) is 0 Å². The van der Waals surface area contributed by atoms with Crippen molar-refractivity contribution in [3.05, 3.63) is 51.0 Å². The monoisotopic (exact) mass is 397 g/mol. The molecule has 0 aromatic heterocycles. The average Bonchev–Trinajstić information content (AvgIpc) is 2.51. The number of methoxy groups -OCH3 is 2. The van der Waals surface area contributed by atoms with Gasteiger partial charge < -0.3 is 14.8 Å². The maximum absolute atomic E-state index is 12.3. The van der Waals surface area contributed by atoms with E-state index in [2.05, 4.69) is 21.2 Å². The van der Waals surface area contributed by atoms with Crippen LogP contribution in [-0.2, 0) is 11.2 Å². The number of hydrogen-bond donors (Lipinski definition) is 1. The van der Waals surface area contributed by atoms with E-state index in [1.54, 1.807) is 38.5 Å². The molecular formula is C17H17BrClNO3. The zero-order valence-corrected chi connectivity index (χ0v) is 15.4. The Kier molecular flexibility index (Phi) is 5.91. The van der Waals surface area contributed by atoms with Crippen LogP contribution in [0.5, 0.6) is 11.5 Å². The molecule has 4 nitrogen and oxygen atoms in total. The van der Waals surface area contributed by atoms with Crippen LogP contribution in [0.2, 0.25) is 5.02 Å². The van der Waals surface area contributed by atoms with Crippen LogP contribution in [0.1, 0.15) is 11.1 Å². The first-order valence-corrected chi connectivity index (χ1v) is 8.08. The minimum Gasteiger partial charge on any atom is -0.493 e. The Morgan fingerprint density at radius 2 is 1.83 bits per heavy atom. The quantitative estimate of drug-likeness (QED) is 0.800. The van der Waals surface area contributed by atoms with Crippen LogP contribution in [0, 0.1) is 6.92 Å². The first-order chi connectivity index (χ1) is 10.9. The van der Waals surface area contributed by atoms with Crippen molar-refractivity contribution in [3.8, 4) is 11.5 Å². The van der Waals surface area contributed by atoms with E-state index in [-0.39, 0.29) is 12.3 Å². The van der Waals surface area contributed by atoms with Crippen LogP contribution < -0.4 is 14.8 Å². The van der Waals surface area contributed by atoms with Crippen molar-refractivity contribution >= 4 is 39.1 Å². The molecule has 0 bridgehead atoms. The van der Waals surface area contributed by atoms with Gasteiger partial charge in [-0.05, 0) is 48.4 Å². The molecule has 0 atom stereocenters. The predicted molar refractivity (Wildman–Crippen MR) is 95.8 cm³/mol. The highest BCUT2D eigenvalue weighted by molar-refractivity contribution is 9.10. The second kappa shape index (κ2) is 7.70. The summed E-state index contributed by atoms with van der Waals surface area (Å²) in [5.74, 6) is 1.07. The molecule has 1 amide bonds. The molecule has 0 saturated carbocycles. The van der Waals surface area contributed by atoms with Crippen LogP contribution >= 0.6 is 27.5 Å². The Bertz CT molecular complexity index is 734. The fraction of sp³-hybridized carbons (Fsp3) is 0.235. The zero-order valence-electron chi connectivity index (χ0n) is 13.1. The number of halogens is 2. The molecule has 6 heteroatoms. The summed E-state index contributed by atoms with van der Waals surface area (Å²) in [6.45, 7) is 1.90. The van der Waals surface area contributed by atoms with Gasteiger partial charge in [0, 0.05) is 15.2 Å². The van der Waals surface area contributed by atoms with Gasteiger partial charge in [-0.3, -0.25) is 4.79 Å². The Morgan fingerprint density at radius 3 is 2.43 bits per heavy atom. The molecule has 2 aromatic carbocycles. The number of anilines is 1. The highest BCUT2D eigenvalue weighted by Crippen LogP contribution is 2.33. The van der Waals surface area contributed by atoms with E-state index >= 15 is 0 Å². The van der Waals surface area contributed by atoms with Crippen molar-refractivity contribution in [1.82, 2.24) is 0 Å². The lowest BCUT2D eigenvalue weighted by Gasteiger charge is -2.13. The third-order valence-corrected chi connectivity index (χ3v) is 4.34. The van der Waals surface area contributed by atoms with Gasteiger partial charge in [-0.1, -0.05) is 27.5 Å². The fourth-order valence-corrected chi connectivity index (χ4v) is 2.86. The molecule has 23 heavy (non-hydrogen) atoms. The number of amides is 1. The van der Waals surface area contributed by atoms with Gasteiger partial charge in [0.1, 0.15) is 0 Å². The maximum atomic E-state index is 12.3. The third kappa shape index (κ3) is 4.39. The Labute approximate surface area is 148 Å². The molecule has 122 valence electrons. The lowest BCUT2D eigenvalue weighted by molar-refractivity contribution is -0.115. The fourth-order valence-electron chi connectivity index (χ4n) is 2.17. The topological polar surface area (TPSA) is 47.6 Å². The van der Waals surface area contributed by atoms with E-state index < -0.39 is 0 Å². The number of rotatable bonds is 5. The van der Waals surface area contributed by atoms with Gasteiger partial charge >= 0.3 is 0 Å². The standard InChI is InChI=1S/C17H17BrClNO3/c1-10-6-12(19)4-5-14(10)20-17(21)8-11-7-15(22-2)16(23-3)9-13(11)18/h4-7,9H,8H2,1-3H3,(H,20,21). The smallest absolute Gasteiger partial charge is 0.228 e. The van der Waals surface area contributed by atoms with Crippen molar-refractivity contribution in [3.63, 3.8) is 0 Å². The summed E-state index contributed by atoms with van der Waals surface area (Å²) in [5, 5.41) is 3.53. The summed E-state index contributed by atoms with van der Waals surface area (Å²) in [5.41, 5.74) is 2.47. The number of carbonyl (C=O) groups excluding carboxylic acids is 1. The Balaban J connectivity index is 2.17. The van der Waals surface area contributed by atoms with E-state index in [0.29, 0.717) is 16.5 Å². The van der Waals surface area contributed by atoms with E-state index in [4.69, 9.17) is 21.1 Å². The molecule has 0 heterocycles. The molecule has 0 aliphatic rings. The first kappa shape index (κ1) is 17.6. The molecule has 0 unspecified atom stereocenters. The molecule has 0 fully saturated rings. The number of benzene rings is 2. The van der Waals surface area contributed by atoms with Crippen LogP contribution in [0.25, 0.3) is 0 Å². The normalized spacial score (nSPS) is 10.3. The number of carbonyl (C=O) groups is 1. The number of nitrogens with one attached hydrogen (secondary N) is 1. The van der Waals surface area contributed by atoms with Crippen molar-refractivity contribution in [2.45, 2.75) is 13.3 Å². The maximum Gasteiger partial charge on any atom is 0.228 e. The summed E-state index contributed by atoms with van der Waals surface area (Å²) >= 11 is 9.38. The largest absolute Gasteiger partial charge is 0.493 e. The van der Waals surface area contributed by atoms with Gasteiger partial charge in [0.25, 0.3) is 0 Å². The summed E-state index contributed by atoms with van der Waals surface area (Å²) in [6, 6.07) is 8.92. The van der Waals surface area contributed by atoms with Gasteiger partial charge in [-0.2, -0.15) is 0 Å². The van der Waals surface area contributed by atoms with E-state index in [0.717, 1.165) is 21.3 Å². The summed E-state index contributed by atoms with van der Waals surface area (Å²) in [7, 11) is 3.13. The SMILES string of the molecule is COc1cc(Br)c(CC(=O)Nc2ccc(Cl)cc2C)cc1OC. The van der Waals surface area contributed by atoms with Gasteiger partial charge in [0.2, 0.25) is 5.91 Å². The lowest BCUT2D eigenvalue weighted by Crippen LogP contribution is -2.15. The third-order valence-electron chi connectivity index (χ3n) is 3.37. The summed E-state index contributed by atoms with van der Waals surface area (Å²) in [4.78, 5) is 12.3. The van der Waals surface area contributed by atoms with Crippen LogP contribution in [0.3, 0.4) is 0 Å². The number of ether oxygens (including phenoxy) is 2. The highest BCUT2D eigenvalue weighted by Gasteiger charge is 2.13. The lowest BCUT2D eigenvalue weighted by atomic mass is 10.1. The van der Waals surface area contributed by atoms with Gasteiger partial charge in [0.05, 0.1) is 20.6 Å². The molecule has 0 aliphatic heterocycles. The molecule has 0 radical (unpaired) electrons. The second-order valence-corrected chi connectivity index (χ2v) is 6.27. The second-order valence-electron chi connectivity index (χ2n) is 4.98. The van der Waals surface area contributed by atoms with Gasteiger partial charge in [-0.15, -0.1) is 0 Å². The molecule has 0 aliphatic carbocycles.